The van der Waals surface area contributed by atoms with Gasteiger partial charge in [-0.1, -0.05) is 24.3 Å². The first-order valence-corrected chi connectivity index (χ1v) is 10.3. The number of aryl methyl sites for hydroxylation is 1. The third-order valence-electron chi connectivity index (χ3n) is 4.96. The van der Waals surface area contributed by atoms with Crippen LogP contribution >= 0.6 is 0 Å². The number of halogens is 6. The smallest absolute Gasteiger partial charge is 0.370 e. The van der Waals surface area contributed by atoms with Gasteiger partial charge in [-0.2, -0.15) is 26.3 Å². The summed E-state index contributed by atoms with van der Waals surface area (Å²) in [7, 11) is 0. The summed E-state index contributed by atoms with van der Waals surface area (Å²) >= 11 is 0. The Kier molecular flexibility index (Phi) is 8.48. The monoisotopic (exact) mass is 500 g/mol. The van der Waals surface area contributed by atoms with E-state index in [0.717, 1.165) is 23.3 Å². The Morgan fingerprint density at radius 2 is 1.60 bits per heavy atom. The highest BCUT2D eigenvalue weighted by atomic mass is 19.4. The van der Waals surface area contributed by atoms with E-state index >= 15 is 0 Å². The molecule has 0 saturated carbocycles. The van der Waals surface area contributed by atoms with Gasteiger partial charge in [-0.25, -0.2) is 0 Å². The maximum absolute atomic E-state index is 13.6. The summed E-state index contributed by atoms with van der Waals surface area (Å²) in [6.45, 7) is 2.67. The van der Waals surface area contributed by atoms with Crippen LogP contribution in [-0.4, -0.2) is 23.8 Å². The van der Waals surface area contributed by atoms with Crippen LogP contribution in [0, 0.1) is 0 Å². The molecule has 188 valence electrons. The summed E-state index contributed by atoms with van der Waals surface area (Å²) in [5, 5.41) is 2.76. The van der Waals surface area contributed by atoms with E-state index in [9.17, 15) is 40.7 Å². The molecule has 0 heterocycles. The highest BCUT2D eigenvalue weighted by molar-refractivity contribution is 6.09. The van der Waals surface area contributed by atoms with E-state index in [2.05, 4.69) is 11.1 Å². The van der Waals surface area contributed by atoms with Crippen molar-refractivity contribution < 1.29 is 40.7 Å². The summed E-state index contributed by atoms with van der Waals surface area (Å²) in [6, 6.07) is 6.90. The number of nitrogens with one attached hydrogen (secondary N) is 1. The highest BCUT2D eigenvalue weighted by Crippen LogP contribution is 2.38. The predicted octanol–water partition coefficient (Wildman–Crippen LogP) is 5.15. The Bertz CT molecular complexity index is 1150. The molecule has 2 aromatic rings. The molecule has 0 aromatic heterocycles. The number of fused-ring (bicyclic) bond motifs is 1. The number of rotatable bonds is 4. The molecule has 1 aliphatic rings. The maximum atomic E-state index is 13.6. The van der Waals surface area contributed by atoms with Crippen LogP contribution < -0.4 is 11.1 Å². The second-order valence-corrected chi connectivity index (χ2v) is 7.81. The summed E-state index contributed by atoms with van der Waals surface area (Å²) in [5.41, 5.74) is 2.52. The number of benzene rings is 2. The molecule has 0 radical (unpaired) electrons. The van der Waals surface area contributed by atoms with Crippen molar-refractivity contribution in [3.63, 3.8) is 0 Å². The van der Waals surface area contributed by atoms with Gasteiger partial charge in [0.2, 0.25) is 11.8 Å². The first kappa shape index (κ1) is 27.6. The van der Waals surface area contributed by atoms with Gasteiger partial charge in [0.25, 0.3) is 0 Å². The standard InChI is InChI=1S/C22H17F6NO2.C2H5NO/c1-12(30)29-19-8-6-13-9-15(5-7-17(13)19)20(31)11-18(22(26,27)28)14-3-2-4-16(10-14)21(23,24)25;1-2(3)4/h2-5,7,9-11,19H,6,8H2,1H3,(H,29,30);1H3,(H2,3,4). The summed E-state index contributed by atoms with van der Waals surface area (Å²) in [4.78, 5) is 33.0. The molecule has 1 unspecified atom stereocenters. The normalized spacial score (nSPS) is 15.5. The molecule has 0 fully saturated rings. The zero-order valence-electron chi connectivity index (χ0n) is 18.7. The molecule has 2 amide bonds. The van der Waals surface area contributed by atoms with Crippen LogP contribution in [0.3, 0.4) is 0 Å². The number of hydrogen-bond donors (Lipinski definition) is 2. The maximum Gasteiger partial charge on any atom is 0.417 e. The Labute approximate surface area is 197 Å². The van der Waals surface area contributed by atoms with Crippen molar-refractivity contribution in [2.45, 2.75) is 45.1 Å². The van der Waals surface area contributed by atoms with Crippen molar-refractivity contribution in [2.75, 3.05) is 0 Å². The van der Waals surface area contributed by atoms with Crippen LogP contribution in [0.1, 0.15) is 58.9 Å². The molecular formula is C24H22F6N2O3. The van der Waals surface area contributed by atoms with Crippen LogP contribution in [0.4, 0.5) is 26.3 Å². The molecule has 0 spiro atoms. The lowest BCUT2D eigenvalue weighted by Crippen LogP contribution is -2.24. The molecule has 35 heavy (non-hydrogen) atoms. The molecule has 0 aliphatic heterocycles. The summed E-state index contributed by atoms with van der Waals surface area (Å²) < 4.78 is 79.4. The second-order valence-electron chi connectivity index (χ2n) is 7.81. The number of alkyl halides is 6. The van der Waals surface area contributed by atoms with Crippen molar-refractivity contribution in [2.24, 2.45) is 5.73 Å². The lowest BCUT2D eigenvalue weighted by Gasteiger charge is -2.15. The van der Waals surface area contributed by atoms with Gasteiger partial charge in [0.05, 0.1) is 17.2 Å². The number of nitrogens with two attached hydrogens (primary N) is 1. The van der Waals surface area contributed by atoms with Gasteiger partial charge in [-0.15, -0.1) is 0 Å². The van der Waals surface area contributed by atoms with E-state index in [1.165, 1.54) is 26.0 Å². The topological polar surface area (TPSA) is 89.3 Å². The number of allylic oxidation sites excluding steroid dienone is 2. The minimum Gasteiger partial charge on any atom is -0.370 e. The van der Waals surface area contributed by atoms with Crippen molar-refractivity contribution in [3.05, 3.63) is 76.4 Å². The number of ketones is 1. The van der Waals surface area contributed by atoms with Gasteiger partial charge in [0, 0.05) is 19.4 Å². The van der Waals surface area contributed by atoms with Gasteiger partial charge in [0.1, 0.15) is 0 Å². The van der Waals surface area contributed by atoms with Crippen LogP contribution in [0.15, 0.2) is 48.5 Å². The molecular weight excluding hydrogens is 478 g/mol. The Morgan fingerprint density at radius 3 is 2.14 bits per heavy atom. The van der Waals surface area contributed by atoms with Crippen molar-refractivity contribution in [3.8, 4) is 0 Å². The first-order valence-electron chi connectivity index (χ1n) is 10.3. The number of carbonyl (C=O) groups excluding carboxylic acids is 3. The van der Waals surface area contributed by atoms with Crippen molar-refractivity contribution >= 4 is 23.2 Å². The van der Waals surface area contributed by atoms with Crippen molar-refractivity contribution in [1.82, 2.24) is 5.32 Å². The van der Waals surface area contributed by atoms with E-state index in [4.69, 9.17) is 0 Å². The molecule has 11 heteroatoms. The minimum absolute atomic E-state index is 0.0176. The molecule has 0 saturated heterocycles. The quantitative estimate of drug-likeness (QED) is 0.346. The van der Waals surface area contributed by atoms with Gasteiger partial charge < -0.3 is 11.1 Å². The fourth-order valence-corrected chi connectivity index (χ4v) is 3.57. The van der Waals surface area contributed by atoms with E-state index in [1.807, 2.05) is 0 Å². The Morgan fingerprint density at radius 1 is 0.971 bits per heavy atom. The van der Waals surface area contributed by atoms with Crippen LogP contribution in [0.5, 0.6) is 0 Å². The van der Waals surface area contributed by atoms with Gasteiger partial charge in [0.15, 0.2) is 5.78 Å². The minimum atomic E-state index is -5.03. The van der Waals surface area contributed by atoms with Gasteiger partial charge >= 0.3 is 12.4 Å². The van der Waals surface area contributed by atoms with Crippen LogP contribution in [-0.2, 0) is 22.2 Å². The van der Waals surface area contributed by atoms with E-state index in [-0.39, 0.29) is 23.4 Å². The predicted molar refractivity (Wildman–Crippen MR) is 116 cm³/mol. The molecule has 0 bridgehead atoms. The molecule has 5 nitrogen and oxygen atoms in total. The average molecular weight is 500 g/mol. The molecule has 1 atom stereocenters. The fraction of sp³-hybridized carbons (Fsp3) is 0.292. The van der Waals surface area contributed by atoms with E-state index in [0.29, 0.717) is 31.1 Å². The number of amides is 2. The molecule has 3 N–H and O–H groups in total. The average Bonchev–Trinajstić information content (AvgIpc) is 3.11. The first-order chi connectivity index (χ1) is 16.1. The highest BCUT2D eigenvalue weighted by Gasteiger charge is 2.37. The van der Waals surface area contributed by atoms with Crippen LogP contribution in [0.25, 0.3) is 5.57 Å². The van der Waals surface area contributed by atoms with Crippen LogP contribution in [0.2, 0.25) is 0 Å². The Hall–Kier alpha value is -3.63. The SMILES string of the molecule is CC(=O)NC1CCc2cc(C(=O)C=C(c3cccc(C(F)(F)F)c3)C(F)(F)F)ccc21.CC(N)=O. The van der Waals surface area contributed by atoms with E-state index in [1.54, 1.807) is 6.07 Å². The number of carbonyl (C=O) groups is 3. The molecule has 2 aromatic carbocycles. The largest absolute Gasteiger partial charge is 0.417 e. The lowest BCUT2D eigenvalue weighted by molar-refractivity contribution is -0.137. The van der Waals surface area contributed by atoms with E-state index < -0.39 is 34.8 Å². The third-order valence-corrected chi connectivity index (χ3v) is 4.96. The van der Waals surface area contributed by atoms with Gasteiger partial charge in [-0.05, 0) is 53.8 Å². The summed E-state index contributed by atoms with van der Waals surface area (Å²) in [5.74, 6) is -1.53. The summed E-state index contributed by atoms with van der Waals surface area (Å²) in [6.07, 6.45) is -8.41. The number of hydrogen-bond acceptors (Lipinski definition) is 3. The lowest BCUT2D eigenvalue weighted by atomic mass is 9.97. The second kappa shape index (κ2) is 10.7. The zero-order valence-corrected chi connectivity index (χ0v) is 18.7. The van der Waals surface area contributed by atoms with Crippen molar-refractivity contribution in [1.29, 1.82) is 0 Å². The fourth-order valence-electron chi connectivity index (χ4n) is 3.57. The van der Waals surface area contributed by atoms with Gasteiger partial charge in [-0.3, -0.25) is 14.4 Å². The third kappa shape index (κ3) is 7.69. The number of primary amides is 1. The molecule has 3 rings (SSSR count). The zero-order chi connectivity index (χ0) is 26.6. The molecule has 1 aliphatic carbocycles. The Balaban J connectivity index is 0.00000100.